The van der Waals surface area contributed by atoms with E-state index in [4.69, 9.17) is 4.98 Å². The number of fused-ring (bicyclic) bond motifs is 2. The topological polar surface area (TPSA) is 177 Å². The van der Waals surface area contributed by atoms with Crippen molar-refractivity contribution < 1.29 is 18.0 Å². The molecule has 3 aromatic heterocycles. The highest BCUT2D eigenvalue weighted by Crippen LogP contribution is 2.37. The van der Waals surface area contributed by atoms with E-state index >= 15 is 0 Å². The van der Waals surface area contributed by atoms with Crippen molar-refractivity contribution in [3.05, 3.63) is 87.2 Å². The number of carbonyl (C=O) groups is 2. The molecule has 1 aliphatic carbocycles. The number of anilines is 2. The minimum absolute atomic E-state index is 0.00642. The van der Waals surface area contributed by atoms with Crippen molar-refractivity contribution in [1.82, 2.24) is 38.2 Å². The molecule has 5 fully saturated rings. The van der Waals surface area contributed by atoms with E-state index in [1.165, 1.54) is 0 Å². The maximum atomic E-state index is 14.0. The van der Waals surface area contributed by atoms with E-state index in [1.807, 2.05) is 34.9 Å². The van der Waals surface area contributed by atoms with Gasteiger partial charge in [-0.1, -0.05) is 31.0 Å². The van der Waals surface area contributed by atoms with E-state index in [2.05, 4.69) is 31.5 Å². The Balaban J connectivity index is 0.736. The van der Waals surface area contributed by atoms with Crippen LogP contribution in [0.2, 0.25) is 0 Å². The number of imidazole rings is 1. The van der Waals surface area contributed by atoms with Crippen molar-refractivity contribution in [3.63, 3.8) is 0 Å². The molecule has 16 nitrogen and oxygen atoms in total. The summed E-state index contributed by atoms with van der Waals surface area (Å²) in [7, 11) is -1.93. The fraction of sp³-hybridized carbons (Fsp3) is 0.522. The van der Waals surface area contributed by atoms with Crippen LogP contribution in [0.15, 0.2) is 75.3 Å². The SMILES string of the molecule is Cn1c(=O)n(C2CCC(=O)NC2=O)c2cccc(C3CCN(C4CCN(c5cccc(S(=O)(=O)N6CCC(Nc7ncc8ccc(=O)n(C9CCCC9)c8n7)CC6)c5)CC4)CC3)c21. The van der Waals surface area contributed by atoms with E-state index in [-0.39, 0.29) is 41.6 Å². The molecule has 4 saturated heterocycles. The molecule has 63 heavy (non-hydrogen) atoms. The molecule has 5 aromatic rings. The zero-order valence-electron chi connectivity index (χ0n) is 35.8. The highest BCUT2D eigenvalue weighted by molar-refractivity contribution is 7.89. The average Bonchev–Trinajstić information content (AvgIpc) is 3.93. The number of pyridine rings is 1. The number of piperidine rings is 4. The summed E-state index contributed by atoms with van der Waals surface area (Å²) in [5.74, 6) is 0.0170. The zero-order chi connectivity index (χ0) is 43.4. The minimum Gasteiger partial charge on any atom is -0.371 e. The molecule has 1 unspecified atom stereocenters. The number of carbonyl (C=O) groups excluding carboxylic acids is 2. The van der Waals surface area contributed by atoms with Crippen LogP contribution in [0, 0.1) is 0 Å². The normalized spacial score (nSPS) is 22.0. The number of amides is 2. The van der Waals surface area contributed by atoms with Crippen molar-refractivity contribution >= 4 is 55.5 Å². The highest BCUT2D eigenvalue weighted by Gasteiger charge is 2.35. The minimum atomic E-state index is -3.70. The van der Waals surface area contributed by atoms with E-state index in [9.17, 15) is 27.6 Å². The first kappa shape index (κ1) is 41.6. The third-order valence-electron chi connectivity index (χ3n) is 14.6. The first-order valence-electron chi connectivity index (χ1n) is 22.8. The molecule has 332 valence electrons. The predicted molar refractivity (Wildman–Crippen MR) is 241 cm³/mol. The fourth-order valence-corrected chi connectivity index (χ4v) is 12.6. The summed E-state index contributed by atoms with van der Waals surface area (Å²) >= 11 is 0. The maximum absolute atomic E-state index is 14.0. The lowest BCUT2D eigenvalue weighted by molar-refractivity contribution is -0.135. The number of nitrogens with one attached hydrogen (secondary N) is 2. The van der Waals surface area contributed by atoms with Crippen molar-refractivity contribution in [2.24, 2.45) is 7.05 Å². The van der Waals surface area contributed by atoms with E-state index in [0.29, 0.717) is 54.9 Å². The third-order valence-corrected chi connectivity index (χ3v) is 16.5. The number of likely N-dealkylation sites (tertiary alicyclic amines) is 1. The van der Waals surface area contributed by atoms with Crippen molar-refractivity contribution in [2.75, 3.05) is 49.5 Å². The van der Waals surface area contributed by atoms with Gasteiger partial charge in [0.25, 0.3) is 5.56 Å². The lowest BCUT2D eigenvalue weighted by Crippen LogP contribution is -2.47. The van der Waals surface area contributed by atoms with Gasteiger partial charge < -0.3 is 15.1 Å². The van der Waals surface area contributed by atoms with Gasteiger partial charge in [0.05, 0.1) is 15.9 Å². The predicted octanol–water partition coefficient (Wildman–Crippen LogP) is 4.65. The van der Waals surface area contributed by atoms with Gasteiger partial charge in [0.2, 0.25) is 27.8 Å². The van der Waals surface area contributed by atoms with Crippen LogP contribution in [-0.4, -0.2) is 104 Å². The number of benzene rings is 2. The smallest absolute Gasteiger partial charge is 0.329 e. The summed E-state index contributed by atoms with van der Waals surface area (Å²) in [6.07, 6.45) is 11.6. The lowest BCUT2D eigenvalue weighted by atomic mass is 9.87. The van der Waals surface area contributed by atoms with Gasteiger partial charge in [0, 0.05) is 81.1 Å². The van der Waals surface area contributed by atoms with Gasteiger partial charge in [-0.3, -0.25) is 33.4 Å². The summed E-state index contributed by atoms with van der Waals surface area (Å²) in [6, 6.07) is 16.7. The molecule has 2 N–H and O–H groups in total. The average molecular weight is 877 g/mol. The maximum Gasteiger partial charge on any atom is 0.329 e. The van der Waals surface area contributed by atoms with Gasteiger partial charge in [-0.2, -0.15) is 9.29 Å². The van der Waals surface area contributed by atoms with E-state index in [1.54, 1.807) is 44.9 Å². The number of hydrogen-bond acceptors (Lipinski definition) is 11. The molecule has 1 saturated carbocycles. The fourth-order valence-electron chi connectivity index (χ4n) is 11.1. The zero-order valence-corrected chi connectivity index (χ0v) is 36.6. The standard InChI is InChI=1S/C46H56N10O6S/c1-51-42-37(10-5-11-38(42)56(46(51)60)39-13-14-40(57)49-44(39)59)30-16-22-52(23-17-30)33-20-24-53(25-21-33)35-8-4-9-36(28-35)63(61,62)54-26-18-32(19-27-54)48-45-47-29-31-12-15-41(58)55(43(31)50-45)34-6-2-3-7-34/h4-5,8-12,15,28-30,32-34,39H,2-3,6-7,13-14,16-27H2,1H3,(H,47,48,50)(H,49,57,59). The molecule has 4 aliphatic heterocycles. The van der Waals surface area contributed by atoms with Crippen LogP contribution in [-0.2, 0) is 26.7 Å². The number of hydrogen-bond donors (Lipinski definition) is 2. The van der Waals surface area contributed by atoms with Crippen molar-refractivity contribution in [3.8, 4) is 0 Å². The van der Waals surface area contributed by atoms with Gasteiger partial charge in [-0.25, -0.2) is 18.2 Å². The Bertz CT molecular complexity index is 2790. The summed E-state index contributed by atoms with van der Waals surface area (Å²) in [4.78, 5) is 65.5. The molecular formula is C46H56N10O6S. The summed E-state index contributed by atoms with van der Waals surface area (Å²) in [5.41, 5.74) is 4.04. The number of imide groups is 1. The third kappa shape index (κ3) is 7.85. The Morgan fingerprint density at radius 2 is 1.51 bits per heavy atom. The highest BCUT2D eigenvalue weighted by atomic mass is 32.2. The van der Waals surface area contributed by atoms with Gasteiger partial charge >= 0.3 is 5.69 Å². The van der Waals surface area contributed by atoms with Gasteiger partial charge in [0.15, 0.2) is 0 Å². The molecule has 2 amide bonds. The molecule has 0 spiro atoms. The first-order chi connectivity index (χ1) is 30.5. The van der Waals surface area contributed by atoms with Gasteiger partial charge in [-0.15, -0.1) is 0 Å². The Kier molecular flexibility index (Phi) is 11.2. The number of nitrogens with zero attached hydrogens (tertiary/aromatic N) is 8. The van der Waals surface area contributed by atoms with Crippen LogP contribution in [0.5, 0.6) is 0 Å². The second-order valence-corrected chi connectivity index (χ2v) is 20.1. The molecule has 7 heterocycles. The molecule has 2 aromatic carbocycles. The van der Waals surface area contributed by atoms with Crippen molar-refractivity contribution in [2.45, 2.75) is 112 Å². The van der Waals surface area contributed by atoms with E-state index < -0.39 is 22.0 Å². The largest absolute Gasteiger partial charge is 0.371 e. The molecule has 10 rings (SSSR count). The van der Waals surface area contributed by atoms with Crippen LogP contribution in [0.4, 0.5) is 11.6 Å². The molecule has 17 heteroatoms. The van der Waals surface area contributed by atoms with Crippen LogP contribution in [0.1, 0.15) is 101 Å². The number of aromatic nitrogens is 5. The first-order valence-corrected chi connectivity index (χ1v) is 24.2. The van der Waals surface area contributed by atoms with Gasteiger partial charge in [0.1, 0.15) is 11.7 Å². The molecule has 1 atom stereocenters. The molecule has 5 aliphatic rings. The number of sulfonamides is 1. The lowest BCUT2D eigenvalue weighted by Gasteiger charge is -2.42. The Morgan fingerprint density at radius 1 is 0.762 bits per heavy atom. The molecule has 0 bridgehead atoms. The van der Waals surface area contributed by atoms with Gasteiger partial charge in [-0.05, 0) is 113 Å². The number of aryl methyl sites for hydroxylation is 1. The summed E-state index contributed by atoms with van der Waals surface area (Å²) in [6.45, 7) is 4.35. The van der Waals surface area contributed by atoms with Crippen LogP contribution < -0.4 is 26.8 Å². The number of rotatable bonds is 9. The van der Waals surface area contributed by atoms with Crippen LogP contribution in [0.25, 0.3) is 22.1 Å². The Morgan fingerprint density at radius 3 is 2.25 bits per heavy atom. The molecule has 0 radical (unpaired) electrons. The van der Waals surface area contributed by atoms with Crippen molar-refractivity contribution in [1.29, 1.82) is 0 Å². The second-order valence-electron chi connectivity index (χ2n) is 18.2. The second kappa shape index (κ2) is 17.0. The summed E-state index contributed by atoms with van der Waals surface area (Å²) in [5, 5.41) is 6.67. The van der Waals surface area contributed by atoms with Crippen LogP contribution >= 0.6 is 0 Å². The summed E-state index contributed by atoms with van der Waals surface area (Å²) < 4.78 is 34.6. The Hall–Kier alpha value is -5.39. The quantitative estimate of drug-likeness (QED) is 0.197. The molecular weight excluding hydrogens is 821 g/mol. The monoisotopic (exact) mass is 876 g/mol. The number of para-hydroxylation sites is 1. The Labute approximate surface area is 366 Å². The van der Waals surface area contributed by atoms with Crippen LogP contribution in [0.3, 0.4) is 0 Å². The van der Waals surface area contributed by atoms with E-state index in [0.717, 1.165) is 105 Å².